The van der Waals surface area contributed by atoms with Crippen molar-refractivity contribution in [2.45, 2.75) is 161 Å². The van der Waals surface area contributed by atoms with Crippen molar-refractivity contribution in [3.05, 3.63) is 35.9 Å². The SMILES string of the molecule is CC[C@H](C)[C@@H]([C@@H](CC(=O)N1CCC[C@H]1[C@H](OC)[C@@H](C)C(=O)N[C@@H](Cc1ccccc1)C(=O)OC(C)(C)C)OC)N(C)C(=O)[C@@H](NC(=O)C1C2CCC(C2)N1C)C(C)C. The highest BCUT2D eigenvalue weighted by Gasteiger charge is 2.49. The van der Waals surface area contributed by atoms with E-state index < -0.39 is 53.9 Å². The molecule has 3 aliphatic rings. The average Bonchev–Trinajstić information content (AvgIpc) is 3.93. The first-order valence-corrected chi connectivity index (χ1v) is 21.5. The molecular weight excluding hydrogens is 739 g/mol. The molecule has 4 rings (SSSR count). The van der Waals surface area contributed by atoms with Gasteiger partial charge in [-0.3, -0.25) is 24.1 Å². The summed E-state index contributed by atoms with van der Waals surface area (Å²) in [5.41, 5.74) is 0.141. The number of nitrogens with one attached hydrogen (secondary N) is 2. The van der Waals surface area contributed by atoms with Gasteiger partial charge in [0.1, 0.15) is 17.7 Å². The lowest BCUT2D eigenvalue weighted by atomic mass is 9.89. The van der Waals surface area contributed by atoms with Crippen molar-refractivity contribution in [3.63, 3.8) is 0 Å². The van der Waals surface area contributed by atoms with E-state index in [1.165, 1.54) is 0 Å². The molecule has 3 fully saturated rings. The Morgan fingerprint density at radius 1 is 0.948 bits per heavy atom. The maximum absolute atomic E-state index is 14.4. The van der Waals surface area contributed by atoms with E-state index in [4.69, 9.17) is 14.2 Å². The third-order valence-electron chi connectivity index (χ3n) is 13.0. The van der Waals surface area contributed by atoms with Crippen LogP contribution in [0.2, 0.25) is 0 Å². The Labute approximate surface area is 347 Å². The molecule has 13 nitrogen and oxygen atoms in total. The van der Waals surface area contributed by atoms with Crippen molar-refractivity contribution in [2.24, 2.45) is 23.7 Å². The van der Waals surface area contributed by atoms with Crippen molar-refractivity contribution in [2.75, 3.05) is 34.9 Å². The van der Waals surface area contributed by atoms with Crippen LogP contribution in [0.25, 0.3) is 0 Å². The molecule has 0 radical (unpaired) electrons. The van der Waals surface area contributed by atoms with E-state index in [2.05, 4.69) is 29.4 Å². The second kappa shape index (κ2) is 20.6. The van der Waals surface area contributed by atoms with Crippen molar-refractivity contribution < 1.29 is 38.2 Å². The van der Waals surface area contributed by atoms with Crippen molar-refractivity contribution in [1.29, 1.82) is 0 Å². The zero-order valence-corrected chi connectivity index (χ0v) is 37.3. The number of rotatable bonds is 19. The van der Waals surface area contributed by atoms with E-state index in [1.807, 2.05) is 51.2 Å². The average molecular weight is 812 g/mol. The number of ether oxygens (including phenoxy) is 3. The summed E-state index contributed by atoms with van der Waals surface area (Å²) in [6, 6.07) is 7.16. The van der Waals surface area contributed by atoms with Crippen LogP contribution in [0.5, 0.6) is 0 Å². The largest absolute Gasteiger partial charge is 0.458 e. The quantitative estimate of drug-likeness (QED) is 0.192. The van der Waals surface area contributed by atoms with Crippen LogP contribution >= 0.6 is 0 Å². The van der Waals surface area contributed by atoms with E-state index in [1.54, 1.807) is 58.8 Å². The third-order valence-corrected chi connectivity index (χ3v) is 13.0. The van der Waals surface area contributed by atoms with Crippen LogP contribution in [0.3, 0.4) is 0 Å². The molecule has 0 aromatic heterocycles. The molecule has 1 aromatic rings. The Balaban J connectivity index is 1.47. The smallest absolute Gasteiger partial charge is 0.329 e. The van der Waals surface area contributed by atoms with Crippen LogP contribution < -0.4 is 10.6 Å². The highest BCUT2D eigenvalue weighted by Crippen LogP contribution is 2.41. The normalized spacial score (nSPS) is 24.4. The van der Waals surface area contributed by atoms with Gasteiger partial charge in [-0.15, -0.1) is 0 Å². The van der Waals surface area contributed by atoms with Gasteiger partial charge in [0.05, 0.1) is 42.7 Å². The van der Waals surface area contributed by atoms with Crippen LogP contribution in [0.1, 0.15) is 106 Å². The Morgan fingerprint density at radius 3 is 2.17 bits per heavy atom. The van der Waals surface area contributed by atoms with Gasteiger partial charge in [-0.25, -0.2) is 4.79 Å². The third kappa shape index (κ3) is 11.4. The zero-order chi connectivity index (χ0) is 43.1. The molecule has 2 bridgehead atoms. The van der Waals surface area contributed by atoms with E-state index in [-0.39, 0.29) is 54.3 Å². The Bertz CT molecular complexity index is 1550. The molecule has 1 saturated carbocycles. The second-order valence-corrected chi connectivity index (χ2v) is 18.4. The molecule has 58 heavy (non-hydrogen) atoms. The molecule has 2 N–H and O–H groups in total. The molecule has 2 heterocycles. The zero-order valence-electron chi connectivity index (χ0n) is 37.3. The minimum Gasteiger partial charge on any atom is -0.458 e. The van der Waals surface area contributed by atoms with E-state index in [0.717, 1.165) is 37.7 Å². The van der Waals surface area contributed by atoms with Gasteiger partial charge in [-0.2, -0.15) is 0 Å². The van der Waals surface area contributed by atoms with Gasteiger partial charge in [-0.05, 0) is 83.2 Å². The number of hydrogen-bond acceptors (Lipinski definition) is 9. The molecular formula is C45H73N5O8. The summed E-state index contributed by atoms with van der Waals surface area (Å²) >= 11 is 0. The lowest BCUT2D eigenvalue weighted by Crippen LogP contribution is -2.60. The summed E-state index contributed by atoms with van der Waals surface area (Å²) in [6.45, 7) is 15.6. The number of likely N-dealkylation sites (tertiary alicyclic amines) is 2. The minimum atomic E-state index is -0.919. The van der Waals surface area contributed by atoms with Gasteiger partial charge < -0.3 is 34.6 Å². The van der Waals surface area contributed by atoms with Gasteiger partial charge in [0, 0.05) is 40.3 Å². The summed E-state index contributed by atoms with van der Waals surface area (Å²) in [7, 11) is 6.88. The van der Waals surface area contributed by atoms with Crippen molar-refractivity contribution in [3.8, 4) is 0 Å². The number of amides is 4. The lowest BCUT2D eigenvalue weighted by molar-refractivity contribution is -0.159. The fourth-order valence-corrected chi connectivity index (χ4v) is 9.60. The molecule has 2 aliphatic heterocycles. The first kappa shape index (κ1) is 47.1. The van der Waals surface area contributed by atoms with Gasteiger partial charge >= 0.3 is 5.97 Å². The minimum absolute atomic E-state index is 0.0169. The van der Waals surface area contributed by atoms with Crippen LogP contribution in [0.4, 0.5) is 0 Å². The number of methoxy groups -OCH3 is 2. The highest BCUT2D eigenvalue weighted by atomic mass is 16.6. The number of nitrogens with zero attached hydrogens (tertiary/aromatic N) is 3. The first-order valence-electron chi connectivity index (χ1n) is 21.5. The van der Waals surface area contributed by atoms with Crippen LogP contribution in [0, 0.1) is 23.7 Å². The molecule has 1 aromatic carbocycles. The Morgan fingerprint density at radius 2 is 1.62 bits per heavy atom. The van der Waals surface area contributed by atoms with Gasteiger partial charge in [0.2, 0.25) is 23.6 Å². The standard InChI is InChI=1S/C45H73N5O8/c1-13-28(4)38(49(10)43(54)37(27(2)3)47-42(53)39-31-21-22-32(25-31)48(39)9)35(56-11)26-36(51)50-23-17-20-34(50)40(57-12)29(5)41(52)46-33(44(55)58-45(6,7)8)24-30-18-15-14-16-19-30/h14-16,18-19,27-29,31-35,37-40H,13,17,20-26H2,1-12H3,(H,46,52)(H,47,53)/t28-,29+,31?,32?,33-,34-,35+,37-,38-,39?,40+/m0/s1. The van der Waals surface area contributed by atoms with Crippen molar-refractivity contribution in [1.82, 2.24) is 25.3 Å². The van der Waals surface area contributed by atoms with E-state index in [0.29, 0.717) is 24.9 Å². The highest BCUT2D eigenvalue weighted by molar-refractivity contribution is 5.91. The monoisotopic (exact) mass is 812 g/mol. The van der Waals surface area contributed by atoms with Crippen molar-refractivity contribution >= 4 is 29.6 Å². The summed E-state index contributed by atoms with van der Waals surface area (Å²) in [5.74, 6) is -1.92. The molecule has 3 unspecified atom stereocenters. The summed E-state index contributed by atoms with van der Waals surface area (Å²) < 4.78 is 17.8. The molecule has 13 heteroatoms. The fraction of sp³-hybridized carbons (Fsp3) is 0.756. The van der Waals surface area contributed by atoms with Crippen LogP contribution in [-0.2, 0) is 44.6 Å². The number of hydrogen-bond donors (Lipinski definition) is 2. The molecule has 1 aliphatic carbocycles. The van der Waals surface area contributed by atoms with E-state index in [9.17, 15) is 24.0 Å². The summed E-state index contributed by atoms with van der Waals surface area (Å²) in [6.07, 6.45) is 4.27. The number of piperidine rings is 1. The first-order chi connectivity index (χ1) is 27.3. The van der Waals surface area contributed by atoms with Gasteiger partial charge in [-0.1, -0.05) is 71.4 Å². The number of fused-ring (bicyclic) bond motifs is 2. The molecule has 11 atom stereocenters. The Kier molecular flexibility index (Phi) is 16.8. The number of esters is 1. The van der Waals surface area contributed by atoms with Gasteiger partial charge in [0.25, 0.3) is 0 Å². The molecule has 0 spiro atoms. The Hall–Kier alpha value is -3.55. The fourth-order valence-electron chi connectivity index (χ4n) is 9.60. The summed E-state index contributed by atoms with van der Waals surface area (Å²) in [5, 5.41) is 6.07. The van der Waals surface area contributed by atoms with Crippen LogP contribution in [0.15, 0.2) is 30.3 Å². The number of benzene rings is 1. The predicted molar refractivity (Wildman–Crippen MR) is 223 cm³/mol. The topological polar surface area (TPSA) is 147 Å². The lowest BCUT2D eigenvalue weighted by Gasteiger charge is -2.41. The predicted octanol–water partition coefficient (Wildman–Crippen LogP) is 4.60. The number of likely N-dealkylation sites (N-methyl/N-ethyl adjacent to an activating group) is 2. The second-order valence-electron chi connectivity index (χ2n) is 18.4. The number of carbonyl (C=O) groups excluding carboxylic acids is 5. The maximum atomic E-state index is 14.4. The number of carbonyl (C=O) groups is 5. The summed E-state index contributed by atoms with van der Waals surface area (Å²) in [4.78, 5) is 75.3. The van der Waals surface area contributed by atoms with Gasteiger partial charge in [0.15, 0.2) is 0 Å². The molecule has 4 amide bonds. The van der Waals surface area contributed by atoms with E-state index >= 15 is 0 Å². The maximum Gasteiger partial charge on any atom is 0.329 e. The molecule has 2 saturated heterocycles. The molecule has 326 valence electrons. The van der Waals surface area contributed by atoms with Crippen LogP contribution in [-0.4, -0.2) is 133 Å².